The van der Waals surface area contributed by atoms with Crippen molar-refractivity contribution in [2.24, 2.45) is 0 Å². The van der Waals surface area contributed by atoms with E-state index >= 15 is 0 Å². The highest BCUT2D eigenvalue weighted by atomic mass is 16.6. The minimum absolute atomic E-state index is 0.351. The van der Waals surface area contributed by atoms with Crippen molar-refractivity contribution in [3.8, 4) is 0 Å². The number of amides is 1. The number of nitrogens with zero attached hydrogens (tertiary/aromatic N) is 1. The molecule has 0 aliphatic carbocycles. The predicted molar refractivity (Wildman–Crippen MR) is 85.8 cm³/mol. The molecule has 0 bridgehead atoms. The summed E-state index contributed by atoms with van der Waals surface area (Å²) in [5, 5.41) is 2.79. The Morgan fingerprint density at radius 1 is 1.19 bits per heavy atom. The number of hydrogen-bond donors (Lipinski definition) is 1. The van der Waals surface area contributed by atoms with Gasteiger partial charge in [-0.1, -0.05) is 12.1 Å². The number of hydrogen-bond acceptors (Lipinski definition) is 3. The quantitative estimate of drug-likeness (QED) is 0.924. The van der Waals surface area contributed by atoms with E-state index in [1.54, 1.807) is 0 Å². The van der Waals surface area contributed by atoms with Gasteiger partial charge in [-0.05, 0) is 57.7 Å². The Morgan fingerprint density at radius 2 is 1.81 bits per heavy atom. The average Bonchev–Trinajstić information content (AvgIpc) is 2.91. The van der Waals surface area contributed by atoms with Crippen molar-refractivity contribution >= 4 is 11.8 Å². The van der Waals surface area contributed by atoms with Gasteiger partial charge in [0, 0.05) is 25.3 Å². The molecule has 0 unspecified atom stereocenters. The Balaban J connectivity index is 1.75. The normalized spacial score (nSPS) is 15.1. The van der Waals surface area contributed by atoms with Crippen LogP contribution in [0, 0.1) is 0 Å². The summed E-state index contributed by atoms with van der Waals surface area (Å²) in [6.07, 6.45) is 3.05. The van der Waals surface area contributed by atoms with E-state index in [9.17, 15) is 4.79 Å². The van der Waals surface area contributed by atoms with Gasteiger partial charge < -0.3 is 15.0 Å². The molecule has 1 aliphatic rings. The molecule has 1 amide bonds. The third-order valence-corrected chi connectivity index (χ3v) is 3.49. The highest BCUT2D eigenvalue weighted by molar-refractivity contribution is 5.67. The summed E-state index contributed by atoms with van der Waals surface area (Å²) in [7, 11) is 0. The van der Waals surface area contributed by atoms with Gasteiger partial charge in [0.2, 0.25) is 0 Å². The summed E-state index contributed by atoms with van der Waals surface area (Å²) in [5.41, 5.74) is 2.09. The Morgan fingerprint density at radius 3 is 2.38 bits per heavy atom. The monoisotopic (exact) mass is 290 g/mol. The Bertz CT molecular complexity index is 457. The Kier molecular flexibility index (Phi) is 5.10. The van der Waals surface area contributed by atoms with Crippen LogP contribution in [0.2, 0.25) is 0 Å². The maximum Gasteiger partial charge on any atom is 0.407 e. The molecule has 4 nitrogen and oxygen atoms in total. The fourth-order valence-corrected chi connectivity index (χ4v) is 2.47. The first-order valence-electron chi connectivity index (χ1n) is 7.75. The molecule has 21 heavy (non-hydrogen) atoms. The molecule has 0 atom stereocenters. The van der Waals surface area contributed by atoms with Crippen LogP contribution in [0.15, 0.2) is 24.3 Å². The van der Waals surface area contributed by atoms with Gasteiger partial charge in [0.15, 0.2) is 0 Å². The first-order chi connectivity index (χ1) is 9.94. The summed E-state index contributed by atoms with van der Waals surface area (Å²) in [6.45, 7) is 8.52. The van der Waals surface area contributed by atoms with E-state index in [0.717, 1.165) is 6.42 Å². The molecule has 1 fully saturated rings. The molecule has 1 saturated heterocycles. The second-order valence-electron chi connectivity index (χ2n) is 6.54. The molecule has 1 heterocycles. The number of rotatable bonds is 4. The Labute approximate surface area is 127 Å². The number of carbonyl (C=O) groups is 1. The zero-order chi connectivity index (χ0) is 15.3. The first kappa shape index (κ1) is 15.7. The number of carbonyl (C=O) groups excluding carboxylic acids is 1. The highest BCUT2D eigenvalue weighted by Crippen LogP contribution is 2.20. The van der Waals surface area contributed by atoms with Gasteiger partial charge in [0.1, 0.15) is 5.60 Å². The van der Waals surface area contributed by atoms with Crippen molar-refractivity contribution in [2.45, 2.75) is 45.6 Å². The second-order valence-corrected chi connectivity index (χ2v) is 6.54. The fourth-order valence-electron chi connectivity index (χ4n) is 2.47. The molecule has 1 aliphatic heterocycles. The van der Waals surface area contributed by atoms with Crippen molar-refractivity contribution in [1.82, 2.24) is 5.32 Å². The van der Waals surface area contributed by atoms with Crippen LogP contribution in [-0.4, -0.2) is 31.3 Å². The van der Waals surface area contributed by atoms with E-state index in [0.29, 0.717) is 6.54 Å². The number of ether oxygens (including phenoxy) is 1. The SMILES string of the molecule is CC(C)(C)OC(=O)NCCc1ccc(N2CCCC2)cc1. The standard InChI is InChI=1S/C17H26N2O2/c1-17(2,3)21-16(20)18-11-10-14-6-8-15(9-7-14)19-12-4-5-13-19/h6-9H,4-5,10-13H2,1-3H3,(H,18,20). The van der Waals surface area contributed by atoms with Crippen LogP contribution in [0.25, 0.3) is 0 Å². The number of nitrogens with one attached hydrogen (secondary N) is 1. The van der Waals surface area contributed by atoms with Gasteiger partial charge >= 0.3 is 6.09 Å². The van der Waals surface area contributed by atoms with Crippen LogP contribution in [0.5, 0.6) is 0 Å². The van der Waals surface area contributed by atoms with Crippen LogP contribution in [0.4, 0.5) is 10.5 Å². The zero-order valence-corrected chi connectivity index (χ0v) is 13.3. The third-order valence-electron chi connectivity index (χ3n) is 3.49. The maximum atomic E-state index is 11.5. The van der Waals surface area contributed by atoms with Crippen molar-refractivity contribution in [1.29, 1.82) is 0 Å². The van der Waals surface area contributed by atoms with E-state index in [1.807, 2.05) is 20.8 Å². The number of benzene rings is 1. The molecular formula is C17H26N2O2. The lowest BCUT2D eigenvalue weighted by molar-refractivity contribution is 0.0528. The fraction of sp³-hybridized carbons (Fsp3) is 0.588. The summed E-state index contributed by atoms with van der Waals surface area (Å²) >= 11 is 0. The van der Waals surface area contributed by atoms with E-state index in [4.69, 9.17) is 4.74 Å². The molecule has 1 N–H and O–H groups in total. The summed E-state index contributed by atoms with van der Waals surface area (Å²) in [4.78, 5) is 14.0. The van der Waals surface area contributed by atoms with Crippen molar-refractivity contribution < 1.29 is 9.53 Å². The first-order valence-corrected chi connectivity index (χ1v) is 7.75. The lowest BCUT2D eigenvalue weighted by Crippen LogP contribution is -2.33. The lowest BCUT2D eigenvalue weighted by Gasteiger charge is -2.20. The molecule has 2 rings (SSSR count). The van der Waals surface area contributed by atoms with Crippen LogP contribution in [0.1, 0.15) is 39.2 Å². The molecule has 0 saturated carbocycles. The topological polar surface area (TPSA) is 41.6 Å². The molecule has 1 aromatic rings. The van der Waals surface area contributed by atoms with Gasteiger partial charge in [-0.2, -0.15) is 0 Å². The van der Waals surface area contributed by atoms with Crippen LogP contribution in [0.3, 0.4) is 0 Å². The van der Waals surface area contributed by atoms with E-state index in [2.05, 4.69) is 34.5 Å². The Hall–Kier alpha value is -1.71. The lowest BCUT2D eigenvalue weighted by atomic mass is 10.1. The largest absolute Gasteiger partial charge is 0.444 e. The van der Waals surface area contributed by atoms with Crippen molar-refractivity contribution in [3.63, 3.8) is 0 Å². The molecule has 0 aromatic heterocycles. The molecular weight excluding hydrogens is 264 g/mol. The maximum absolute atomic E-state index is 11.5. The van der Waals surface area contributed by atoms with Crippen molar-refractivity contribution in [3.05, 3.63) is 29.8 Å². The summed E-state index contributed by atoms with van der Waals surface area (Å²) in [5.74, 6) is 0. The third kappa shape index (κ3) is 5.29. The van der Waals surface area contributed by atoms with Gasteiger partial charge in [0.05, 0.1) is 0 Å². The van der Waals surface area contributed by atoms with E-state index in [1.165, 1.54) is 37.2 Å². The number of anilines is 1. The molecule has 0 radical (unpaired) electrons. The van der Waals surface area contributed by atoms with Gasteiger partial charge in [0.25, 0.3) is 0 Å². The van der Waals surface area contributed by atoms with Crippen LogP contribution < -0.4 is 10.2 Å². The molecule has 0 spiro atoms. The number of alkyl carbamates (subject to hydrolysis) is 1. The minimum atomic E-state index is -0.443. The molecule has 1 aromatic carbocycles. The predicted octanol–water partition coefficient (Wildman–Crippen LogP) is 3.35. The van der Waals surface area contributed by atoms with Crippen molar-refractivity contribution in [2.75, 3.05) is 24.5 Å². The summed E-state index contributed by atoms with van der Waals surface area (Å²) < 4.78 is 5.21. The van der Waals surface area contributed by atoms with E-state index in [-0.39, 0.29) is 6.09 Å². The van der Waals surface area contributed by atoms with Crippen LogP contribution >= 0.6 is 0 Å². The molecule has 116 valence electrons. The van der Waals surface area contributed by atoms with Gasteiger partial charge in [-0.15, -0.1) is 0 Å². The van der Waals surface area contributed by atoms with E-state index < -0.39 is 5.60 Å². The molecule has 4 heteroatoms. The highest BCUT2D eigenvalue weighted by Gasteiger charge is 2.15. The second kappa shape index (κ2) is 6.83. The van der Waals surface area contributed by atoms with Gasteiger partial charge in [-0.3, -0.25) is 0 Å². The average molecular weight is 290 g/mol. The minimum Gasteiger partial charge on any atom is -0.444 e. The smallest absolute Gasteiger partial charge is 0.407 e. The van der Waals surface area contributed by atoms with Gasteiger partial charge in [-0.25, -0.2) is 4.79 Å². The zero-order valence-electron chi connectivity index (χ0n) is 13.3. The summed E-state index contributed by atoms with van der Waals surface area (Å²) in [6, 6.07) is 8.64. The van der Waals surface area contributed by atoms with Crippen LogP contribution in [-0.2, 0) is 11.2 Å².